The summed E-state index contributed by atoms with van der Waals surface area (Å²) in [5.41, 5.74) is 0. The molecule has 0 saturated carbocycles. The number of nitrogens with zero attached hydrogens (tertiary/aromatic N) is 3. The van der Waals surface area contributed by atoms with Crippen LogP contribution in [0.2, 0.25) is 0 Å². The molecule has 2 heterocycles. The van der Waals surface area contributed by atoms with Gasteiger partial charge in [-0.1, -0.05) is 12.1 Å². The van der Waals surface area contributed by atoms with Crippen LogP contribution in [0.25, 0.3) is 0 Å². The summed E-state index contributed by atoms with van der Waals surface area (Å²) in [5.74, 6) is -0.00687. The first-order valence-corrected chi connectivity index (χ1v) is 8.38. The summed E-state index contributed by atoms with van der Waals surface area (Å²) in [6.45, 7) is 1.84. The molecule has 1 atom stereocenters. The number of halogens is 1. The van der Waals surface area contributed by atoms with Crippen LogP contribution in [0.5, 0.6) is 5.75 Å². The van der Waals surface area contributed by atoms with Crippen LogP contribution in [-0.4, -0.2) is 40.3 Å². The third-order valence-corrected chi connectivity index (χ3v) is 4.28. The summed E-state index contributed by atoms with van der Waals surface area (Å²) in [4.78, 5) is 14.3. The summed E-state index contributed by atoms with van der Waals surface area (Å²) in [6, 6.07) is 8.47. The lowest BCUT2D eigenvalue weighted by atomic mass is 10.1. The molecule has 3 rings (SSSR count). The second-order valence-electron chi connectivity index (χ2n) is 6.00. The average Bonchev–Trinajstić information content (AvgIpc) is 3.15. The van der Waals surface area contributed by atoms with Crippen molar-refractivity contribution in [3.05, 3.63) is 48.5 Å². The molecule has 2 aromatic rings. The molecule has 0 spiro atoms. The molecule has 0 unspecified atom stereocenters. The van der Waals surface area contributed by atoms with Crippen LogP contribution in [0, 0.1) is 5.82 Å². The molecule has 24 heavy (non-hydrogen) atoms. The van der Waals surface area contributed by atoms with Gasteiger partial charge in [0.15, 0.2) is 11.6 Å². The Bertz CT molecular complexity index is 660. The zero-order valence-corrected chi connectivity index (χ0v) is 13.6. The first kappa shape index (κ1) is 16.5. The molecular formula is C18H22FN3O2. The van der Waals surface area contributed by atoms with Gasteiger partial charge >= 0.3 is 0 Å². The topological polar surface area (TPSA) is 47.4 Å². The lowest BCUT2D eigenvalue weighted by molar-refractivity contribution is -0.133. The highest BCUT2D eigenvalue weighted by Crippen LogP contribution is 2.21. The van der Waals surface area contributed by atoms with Crippen molar-refractivity contribution in [3.63, 3.8) is 0 Å². The summed E-state index contributed by atoms with van der Waals surface area (Å²) < 4.78 is 20.8. The zero-order chi connectivity index (χ0) is 16.8. The van der Waals surface area contributed by atoms with E-state index >= 15 is 0 Å². The van der Waals surface area contributed by atoms with E-state index in [4.69, 9.17) is 4.74 Å². The SMILES string of the molecule is O=C(CCCOc1ccccc1F)N1CCC[C@@H](n2cccn2)C1. The minimum absolute atomic E-state index is 0.129. The summed E-state index contributed by atoms with van der Waals surface area (Å²) in [7, 11) is 0. The number of carbonyl (C=O) groups is 1. The highest BCUT2D eigenvalue weighted by molar-refractivity contribution is 5.76. The van der Waals surface area contributed by atoms with E-state index in [1.807, 2.05) is 21.8 Å². The number of rotatable bonds is 6. The fraction of sp³-hybridized carbons (Fsp3) is 0.444. The maximum Gasteiger partial charge on any atom is 0.222 e. The number of aromatic nitrogens is 2. The second kappa shape index (κ2) is 7.95. The molecule has 1 amide bonds. The van der Waals surface area contributed by atoms with Crippen LogP contribution >= 0.6 is 0 Å². The zero-order valence-electron chi connectivity index (χ0n) is 13.6. The maximum absolute atomic E-state index is 13.4. The molecular weight excluding hydrogens is 309 g/mol. The van der Waals surface area contributed by atoms with Crippen molar-refractivity contribution in [2.24, 2.45) is 0 Å². The molecule has 1 fully saturated rings. The Kier molecular flexibility index (Phi) is 5.46. The van der Waals surface area contributed by atoms with Crippen molar-refractivity contribution in [1.82, 2.24) is 14.7 Å². The predicted octanol–water partition coefficient (Wildman–Crippen LogP) is 3.04. The van der Waals surface area contributed by atoms with Crippen molar-refractivity contribution in [1.29, 1.82) is 0 Å². The van der Waals surface area contributed by atoms with Crippen molar-refractivity contribution < 1.29 is 13.9 Å². The number of benzene rings is 1. The van der Waals surface area contributed by atoms with Crippen molar-refractivity contribution in [2.45, 2.75) is 31.7 Å². The minimum atomic E-state index is -0.373. The van der Waals surface area contributed by atoms with Gasteiger partial charge in [-0.15, -0.1) is 0 Å². The predicted molar refractivity (Wildman–Crippen MR) is 88.2 cm³/mol. The van der Waals surface area contributed by atoms with Gasteiger partial charge in [0.1, 0.15) is 0 Å². The van der Waals surface area contributed by atoms with Gasteiger partial charge in [-0.05, 0) is 37.5 Å². The summed E-state index contributed by atoms with van der Waals surface area (Å²) in [6.07, 6.45) is 6.74. The van der Waals surface area contributed by atoms with E-state index in [-0.39, 0.29) is 23.5 Å². The van der Waals surface area contributed by atoms with Crippen molar-refractivity contribution in [2.75, 3.05) is 19.7 Å². The minimum Gasteiger partial charge on any atom is -0.491 e. The van der Waals surface area contributed by atoms with Crippen LogP contribution in [0.4, 0.5) is 4.39 Å². The number of ether oxygens (including phenoxy) is 1. The van der Waals surface area contributed by atoms with E-state index in [9.17, 15) is 9.18 Å². The second-order valence-corrected chi connectivity index (χ2v) is 6.00. The number of para-hydroxylation sites is 1. The van der Waals surface area contributed by atoms with E-state index in [0.717, 1.165) is 19.4 Å². The van der Waals surface area contributed by atoms with Crippen LogP contribution in [-0.2, 0) is 4.79 Å². The van der Waals surface area contributed by atoms with Crippen LogP contribution in [0.15, 0.2) is 42.7 Å². The van der Waals surface area contributed by atoms with E-state index in [1.54, 1.807) is 24.4 Å². The molecule has 0 bridgehead atoms. The van der Waals surface area contributed by atoms with Gasteiger partial charge < -0.3 is 9.64 Å². The lowest BCUT2D eigenvalue weighted by Gasteiger charge is -2.33. The van der Waals surface area contributed by atoms with Gasteiger partial charge in [-0.3, -0.25) is 9.48 Å². The molecule has 1 aliphatic heterocycles. The fourth-order valence-electron chi connectivity index (χ4n) is 3.02. The number of likely N-dealkylation sites (tertiary alicyclic amines) is 1. The Balaban J connectivity index is 1.42. The Morgan fingerprint density at radius 3 is 3.00 bits per heavy atom. The first-order chi connectivity index (χ1) is 11.7. The van der Waals surface area contributed by atoms with Gasteiger partial charge in [0, 0.05) is 31.9 Å². The van der Waals surface area contributed by atoms with Crippen LogP contribution < -0.4 is 4.74 Å². The molecule has 1 saturated heterocycles. The standard InChI is InChI=1S/C18H22FN3O2/c19-16-7-1-2-8-17(16)24-13-4-9-18(23)21-11-3-6-15(14-21)22-12-5-10-20-22/h1-2,5,7-8,10,12,15H,3-4,6,9,11,13-14H2/t15-/m1/s1. The molecule has 0 radical (unpaired) electrons. The highest BCUT2D eigenvalue weighted by atomic mass is 19.1. The first-order valence-electron chi connectivity index (χ1n) is 8.38. The molecule has 128 valence electrons. The Morgan fingerprint density at radius 1 is 1.33 bits per heavy atom. The van der Waals surface area contributed by atoms with E-state index in [2.05, 4.69) is 5.10 Å². The van der Waals surface area contributed by atoms with Gasteiger partial charge in [0.25, 0.3) is 0 Å². The number of piperidine rings is 1. The van der Waals surface area contributed by atoms with Crippen molar-refractivity contribution in [3.8, 4) is 5.75 Å². The molecule has 1 aromatic carbocycles. The van der Waals surface area contributed by atoms with Gasteiger partial charge in [0.05, 0.1) is 12.6 Å². The fourth-order valence-corrected chi connectivity index (χ4v) is 3.02. The molecule has 1 aromatic heterocycles. The summed E-state index contributed by atoms with van der Waals surface area (Å²) >= 11 is 0. The molecule has 6 heteroatoms. The Morgan fingerprint density at radius 2 is 2.21 bits per heavy atom. The van der Waals surface area contributed by atoms with E-state index < -0.39 is 0 Å². The Hall–Kier alpha value is -2.37. The van der Waals surface area contributed by atoms with Gasteiger partial charge in [-0.25, -0.2) is 4.39 Å². The largest absolute Gasteiger partial charge is 0.491 e. The Labute approximate surface area is 141 Å². The van der Waals surface area contributed by atoms with Crippen LogP contribution in [0.1, 0.15) is 31.7 Å². The van der Waals surface area contributed by atoms with E-state index in [1.165, 1.54) is 6.07 Å². The third kappa shape index (κ3) is 4.13. The third-order valence-electron chi connectivity index (χ3n) is 4.28. The smallest absolute Gasteiger partial charge is 0.222 e. The summed E-state index contributed by atoms with van der Waals surface area (Å²) in [5, 5.41) is 4.27. The molecule has 0 N–H and O–H groups in total. The average molecular weight is 331 g/mol. The number of amides is 1. The number of hydrogen-bond donors (Lipinski definition) is 0. The molecule has 1 aliphatic rings. The number of hydrogen-bond acceptors (Lipinski definition) is 3. The van der Waals surface area contributed by atoms with Gasteiger partial charge in [-0.2, -0.15) is 5.10 Å². The normalized spacial score (nSPS) is 17.7. The van der Waals surface area contributed by atoms with Crippen LogP contribution in [0.3, 0.4) is 0 Å². The maximum atomic E-state index is 13.4. The molecule has 5 nitrogen and oxygen atoms in total. The van der Waals surface area contributed by atoms with E-state index in [0.29, 0.717) is 26.0 Å². The quantitative estimate of drug-likeness (QED) is 0.765. The lowest BCUT2D eigenvalue weighted by Crippen LogP contribution is -2.40. The number of carbonyl (C=O) groups excluding carboxylic acids is 1. The van der Waals surface area contributed by atoms with Gasteiger partial charge in [0.2, 0.25) is 5.91 Å². The highest BCUT2D eigenvalue weighted by Gasteiger charge is 2.24. The molecule has 0 aliphatic carbocycles. The van der Waals surface area contributed by atoms with Crippen molar-refractivity contribution >= 4 is 5.91 Å². The monoisotopic (exact) mass is 331 g/mol.